The smallest absolute Gasteiger partial charge is 0.181 e. The molecule has 0 aromatic carbocycles. The van der Waals surface area contributed by atoms with Gasteiger partial charge in [0.1, 0.15) is 0 Å². The molecule has 0 spiro atoms. The van der Waals surface area contributed by atoms with E-state index in [4.69, 9.17) is 4.42 Å². The summed E-state index contributed by atoms with van der Waals surface area (Å²) < 4.78 is 5.13. The molecule has 11 heavy (non-hydrogen) atoms. The Bertz CT molecular complexity index is 337. The molecule has 2 rings (SSSR count). The first-order valence-electron chi connectivity index (χ1n) is 3.31. The summed E-state index contributed by atoms with van der Waals surface area (Å²) in [7, 11) is 0. The minimum Gasteiger partial charge on any atom is -0.443 e. The highest BCUT2D eigenvalue weighted by Gasteiger charge is 2.02. The van der Waals surface area contributed by atoms with Crippen molar-refractivity contribution in [1.29, 1.82) is 0 Å². The normalized spacial score (nSPS) is 10.3. The molecule has 56 valence electrons. The third-order valence-electron chi connectivity index (χ3n) is 1.42. The summed E-state index contributed by atoms with van der Waals surface area (Å²) in [5.74, 6) is 0.850. The topological polar surface area (TPSA) is 26.0 Å². The van der Waals surface area contributed by atoms with Crippen LogP contribution in [0.1, 0.15) is 4.88 Å². The van der Waals surface area contributed by atoms with Gasteiger partial charge in [-0.05, 0) is 19.1 Å². The quantitative estimate of drug-likeness (QED) is 0.649. The van der Waals surface area contributed by atoms with E-state index in [1.165, 1.54) is 11.3 Å². The molecule has 0 N–H and O–H groups in total. The molecule has 2 aromatic heterocycles. The molecule has 3 heteroatoms. The van der Waals surface area contributed by atoms with E-state index in [0.717, 1.165) is 10.6 Å². The second kappa shape index (κ2) is 2.51. The van der Waals surface area contributed by atoms with Crippen molar-refractivity contribution in [2.75, 3.05) is 0 Å². The summed E-state index contributed by atoms with van der Waals surface area (Å²) >= 11 is 1.71. The minimum absolute atomic E-state index is 0.850. The number of aryl methyl sites for hydroxylation is 1. The number of rotatable bonds is 1. The van der Waals surface area contributed by atoms with E-state index < -0.39 is 0 Å². The number of hydrogen-bond donors (Lipinski definition) is 0. The van der Waals surface area contributed by atoms with Crippen LogP contribution in [-0.2, 0) is 0 Å². The predicted molar refractivity (Wildman–Crippen MR) is 44.6 cm³/mol. The molecular formula is C8H7NOS. The first-order chi connectivity index (χ1) is 5.36. The van der Waals surface area contributed by atoms with Crippen LogP contribution in [0.15, 0.2) is 29.1 Å². The van der Waals surface area contributed by atoms with Crippen LogP contribution in [0, 0.1) is 6.92 Å². The van der Waals surface area contributed by atoms with Crippen LogP contribution in [0.2, 0.25) is 0 Å². The minimum atomic E-state index is 0.850. The Labute approximate surface area is 68.5 Å². The number of nitrogens with zero attached hydrogens (tertiary/aromatic N) is 1. The highest BCUT2D eigenvalue weighted by molar-refractivity contribution is 7.15. The van der Waals surface area contributed by atoms with E-state index in [0.29, 0.717) is 0 Å². The van der Waals surface area contributed by atoms with Crippen LogP contribution in [0.5, 0.6) is 0 Å². The Kier molecular flexibility index (Phi) is 1.51. The molecule has 0 saturated carbocycles. The highest BCUT2D eigenvalue weighted by Crippen LogP contribution is 2.26. The molecular weight excluding hydrogens is 158 g/mol. The van der Waals surface area contributed by atoms with Crippen molar-refractivity contribution in [1.82, 2.24) is 4.98 Å². The van der Waals surface area contributed by atoms with Gasteiger partial charge in [0.15, 0.2) is 12.2 Å². The summed E-state index contributed by atoms with van der Waals surface area (Å²) in [4.78, 5) is 6.28. The lowest BCUT2D eigenvalue weighted by molar-refractivity contribution is 0.573. The van der Waals surface area contributed by atoms with Gasteiger partial charge < -0.3 is 4.42 Å². The average Bonchev–Trinajstić information content (AvgIpc) is 2.55. The maximum atomic E-state index is 5.13. The van der Waals surface area contributed by atoms with Gasteiger partial charge in [0, 0.05) is 4.88 Å². The molecule has 2 heterocycles. The molecule has 0 aliphatic heterocycles. The summed E-state index contributed by atoms with van der Waals surface area (Å²) in [6.45, 7) is 2.07. The molecule has 0 saturated heterocycles. The van der Waals surface area contributed by atoms with E-state index >= 15 is 0 Å². The van der Waals surface area contributed by atoms with Crippen molar-refractivity contribution in [3.63, 3.8) is 0 Å². The Morgan fingerprint density at radius 1 is 1.45 bits per heavy atom. The Hall–Kier alpha value is -1.09. The van der Waals surface area contributed by atoms with Gasteiger partial charge in [-0.15, -0.1) is 11.3 Å². The van der Waals surface area contributed by atoms with Gasteiger partial charge in [-0.2, -0.15) is 0 Å². The molecule has 0 aliphatic carbocycles. The third-order valence-corrected chi connectivity index (χ3v) is 2.43. The molecule has 2 aromatic rings. The van der Waals surface area contributed by atoms with E-state index in [2.05, 4.69) is 18.0 Å². The molecule has 0 unspecified atom stereocenters. The molecule has 0 radical (unpaired) electrons. The second-order valence-corrected chi connectivity index (χ2v) is 3.56. The summed E-state index contributed by atoms with van der Waals surface area (Å²) in [5, 5.41) is 0. The van der Waals surface area contributed by atoms with Crippen molar-refractivity contribution in [3.8, 4) is 10.6 Å². The Balaban J connectivity index is 2.45. The number of oxazole rings is 1. The van der Waals surface area contributed by atoms with Crippen molar-refractivity contribution >= 4 is 11.3 Å². The fourth-order valence-electron chi connectivity index (χ4n) is 0.904. The summed E-state index contributed by atoms with van der Waals surface area (Å²) in [6.07, 6.45) is 3.18. The van der Waals surface area contributed by atoms with Crippen LogP contribution >= 0.6 is 11.3 Å². The lowest BCUT2D eigenvalue weighted by Crippen LogP contribution is -1.59. The summed E-state index contributed by atoms with van der Waals surface area (Å²) in [5.41, 5.74) is 0. The van der Waals surface area contributed by atoms with Gasteiger partial charge in [-0.25, -0.2) is 4.98 Å². The van der Waals surface area contributed by atoms with E-state index in [1.807, 2.05) is 6.07 Å². The van der Waals surface area contributed by atoms with Gasteiger partial charge in [0.05, 0.1) is 11.1 Å². The lowest BCUT2D eigenvalue weighted by atomic mass is 10.4. The van der Waals surface area contributed by atoms with E-state index in [9.17, 15) is 0 Å². The van der Waals surface area contributed by atoms with Gasteiger partial charge in [0.2, 0.25) is 0 Å². The number of aromatic nitrogens is 1. The zero-order valence-corrected chi connectivity index (χ0v) is 6.89. The van der Waals surface area contributed by atoms with Crippen molar-refractivity contribution in [2.45, 2.75) is 6.92 Å². The average molecular weight is 165 g/mol. The molecule has 0 fully saturated rings. The van der Waals surface area contributed by atoms with Gasteiger partial charge in [-0.1, -0.05) is 0 Å². The monoisotopic (exact) mass is 165 g/mol. The lowest BCUT2D eigenvalue weighted by Gasteiger charge is -1.84. The van der Waals surface area contributed by atoms with Gasteiger partial charge in [-0.3, -0.25) is 0 Å². The van der Waals surface area contributed by atoms with Crippen LogP contribution in [0.4, 0.5) is 0 Å². The number of hydrogen-bond acceptors (Lipinski definition) is 3. The first kappa shape index (κ1) is 6.61. The van der Waals surface area contributed by atoms with Crippen molar-refractivity contribution < 1.29 is 4.42 Å². The fourth-order valence-corrected chi connectivity index (χ4v) is 1.72. The second-order valence-electron chi connectivity index (χ2n) is 2.28. The van der Waals surface area contributed by atoms with E-state index in [1.54, 1.807) is 17.5 Å². The van der Waals surface area contributed by atoms with Crippen molar-refractivity contribution in [3.05, 3.63) is 29.6 Å². The first-order valence-corrected chi connectivity index (χ1v) is 4.13. The van der Waals surface area contributed by atoms with Gasteiger partial charge in [0.25, 0.3) is 0 Å². The largest absolute Gasteiger partial charge is 0.443 e. The van der Waals surface area contributed by atoms with Gasteiger partial charge >= 0.3 is 0 Å². The third kappa shape index (κ3) is 1.19. The molecule has 0 aliphatic rings. The number of thiophene rings is 1. The van der Waals surface area contributed by atoms with Crippen molar-refractivity contribution in [2.24, 2.45) is 0 Å². The predicted octanol–water partition coefficient (Wildman–Crippen LogP) is 2.71. The van der Waals surface area contributed by atoms with Crippen LogP contribution in [0.25, 0.3) is 10.6 Å². The van der Waals surface area contributed by atoms with E-state index in [-0.39, 0.29) is 0 Å². The Morgan fingerprint density at radius 2 is 2.36 bits per heavy atom. The zero-order valence-electron chi connectivity index (χ0n) is 6.07. The highest BCUT2D eigenvalue weighted by atomic mass is 32.1. The molecule has 0 amide bonds. The van der Waals surface area contributed by atoms with Crippen LogP contribution in [0.3, 0.4) is 0 Å². The molecule has 2 nitrogen and oxygen atoms in total. The SMILES string of the molecule is Cc1ccc(-c2cnco2)s1. The molecule has 0 atom stereocenters. The standard InChI is InChI=1S/C8H7NOS/c1-6-2-3-8(11-6)7-4-9-5-10-7/h2-5H,1H3. The fraction of sp³-hybridized carbons (Fsp3) is 0.125. The zero-order chi connectivity index (χ0) is 7.68. The molecule has 0 bridgehead atoms. The maximum absolute atomic E-state index is 5.13. The summed E-state index contributed by atoms with van der Waals surface area (Å²) in [6, 6.07) is 4.11. The van der Waals surface area contributed by atoms with Crippen LogP contribution < -0.4 is 0 Å². The Morgan fingerprint density at radius 3 is 2.91 bits per heavy atom. The maximum Gasteiger partial charge on any atom is 0.181 e. The van der Waals surface area contributed by atoms with Crippen LogP contribution in [-0.4, -0.2) is 4.98 Å².